The van der Waals surface area contributed by atoms with E-state index in [4.69, 9.17) is 0 Å². The average molecular weight is 196 g/mol. The molecule has 0 saturated carbocycles. The molecule has 0 radical (unpaired) electrons. The summed E-state index contributed by atoms with van der Waals surface area (Å²) >= 11 is 0. The number of carbonyl (C=O) groups is 2. The van der Waals surface area contributed by atoms with Gasteiger partial charge in [-0.2, -0.15) is 13.2 Å². The molecule has 1 aliphatic rings. The Kier molecular flexibility index (Phi) is 2.29. The van der Waals surface area contributed by atoms with Crippen molar-refractivity contribution in [2.75, 3.05) is 6.54 Å². The molecule has 4 nitrogen and oxygen atoms in total. The van der Waals surface area contributed by atoms with Crippen LogP contribution in [0.5, 0.6) is 0 Å². The summed E-state index contributed by atoms with van der Waals surface area (Å²) in [6.07, 6.45) is -4.71. The summed E-state index contributed by atoms with van der Waals surface area (Å²) in [7, 11) is 0. The minimum atomic E-state index is -4.71. The number of Topliss-reactive ketones (excluding diaryl/α,β-unsaturated/α-hetero) is 1. The summed E-state index contributed by atoms with van der Waals surface area (Å²) in [5.41, 5.74) is 1.79. The molecule has 0 aromatic rings. The van der Waals surface area contributed by atoms with E-state index in [2.05, 4.69) is 0 Å². The van der Waals surface area contributed by atoms with E-state index in [1.165, 1.54) is 6.92 Å². The minimum Gasteiger partial charge on any atom is -0.286 e. The zero-order valence-corrected chi connectivity index (χ0v) is 6.68. The Morgan fingerprint density at radius 2 is 2.00 bits per heavy atom. The first-order valence-electron chi connectivity index (χ1n) is 3.56. The van der Waals surface area contributed by atoms with Crippen molar-refractivity contribution in [2.24, 2.45) is 0 Å². The van der Waals surface area contributed by atoms with Crippen molar-refractivity contribution in [3.05, 3.63) is 0 Å². The normalized spacial score (nSPS) is 24.3. The predicted octanol–water partition coefficient (Wildman–Crippen LogP) is -0.147. The zero-order valence-electron chi connectivity index (χ0n) is 6.68. The van der Waals surface area contributed by atoms with Gasteiger partial charge in [0, 0.05) is 6.54 Å². The van der Waals surface area contributed by atoms with Gasteiger partial charge in [-0.1, -0.05) is 0 Å². The molecule has 1 fully saturated rings. The standard InChI is InChI=1S/C6H7F3N2O2/c1-2-11-5(13)3(12)4(10-11)6(7,8)9/h4,10H,2H2,1H3. The van der Waals surface area contributed by atoms with Crippen LogP contribution in [0.4, 0.5) is 13.2 Å². The van der Waals surface area contributed by atoms with Crippen molar-refractivity contribution >= 4 is 11.7 Å². The first kappa shape index (κ1) is 9.97. The molecule has 1 atom stereocenters. The Hall–Kier alpha value is -1.11. The van der Waals surface area contributed by atoms with E-state index in [1.54, 1.807) is 5.43 Å². The first-order chi connectivity index (χ1) is 5.88. The summed E-state index contributed by atoms with van der Waals surface area (Å²) in [6, 6.07) is -2.38. The second-order valence-corrected chi connectivity index (χ2v) is 2.52. The van der Waals surface area contributed by atoms with Gasteiger partial charge >= 0.3 is 12.1 Å². The highest BCUT2D eigenvalue weighted by molar-refractivity contribution is 6.39. The Labute approximate surface area is 71.7 Å². The number of carbonyl (C=O) groups excluding carboxylic acids is 2. The zero-order chi connectivity index (χ0) is 10.2. The topological polar surface area (TPSA) is 49.4 Å². The van der Waals surface area contributed by atoms with Crippen LogP contribution in [0, 0.1) is 0 Å². The number of nitrogens with one attached hydrogen (secondary N) is 1. The van der Waals surface area contributed by atoms with E-state index < -0.39 is 23.9 Å². The second-order valence-electron chi connectivity index (χ2n) is 2.52. The monoisotopic (exact) mass is 196 g/mol. The van der Waals surface area contributed by atoms with Crippen molar-refractivity contribution < 1.29 is 22.8 Å². The van der Waals surface area contributed by atoms with E-state index >= 15 is 0 Å². The smallest absolute Gasteiger partial charge is 0.286 e. The van der Waals surface area contributed by atoms with Gasteiger partial charge in [-0.25, -0.2) is 5.43 Å². The summed E-state index contributed by atoms with van der Waals surface area (Å²) in [5.74, 6) is -2.58. The number of hydrogen-bond donors (Lipinski definition) is 1. The van der Waals surface area contributed by atoms with Gasteiger partial charge in [0.2, 0.25) is 5.78 Å². The lowest BCUT2D eigenvalue weighted by Gasteiger charge is -2.15. The Bertz CT molecular complexity index is 251. The molecule has 7 heteroatoms. The third-order valence-corrected chi connectivity index (χ3v) is 1.65. The Morgan fingerprint density at radius 3 is 2.23 bits per heavy atom. The van der Waals surface area contributed by atoms with Crippen molar-refractivity contribution in [3.63, 3.8) is 0 Å². The number of ketones is 1. The molecule has 1 rings (SSSR count). The van der Waals surface area contributed by atoms with E-state index in [9.17, 15) is 22.8 Å². The van der Waals surface area contributed by atoms with Gasteiger partial charge in [0.25, 0.3) is 0 Å². The van der Waals surface area contributed by atoms with E-state index in [0.29, 0.717) is 5.01 Å². The van der Waals surface area contributed by atoms with Crippen LogP contribution in [0.25, 0.3) is 0 Å². The number of alkyl halides is 3. The lowest BCUT2D eigenvalue weighted by atomic mass is 10.2. The lowest BCUT2D eigenvalue weighted by Crippen LogP contribution is -2.45. The molecule has 1 amide bonds. The molecule has 0 aliphatic carbocycles. The highest BCUT2D eigenvalue weighted by Gasteiger charge is 2.53. The quantitative estimate of drug-likeness (QED) is 0.593. The lowest BCUT2D eigenvalue weighted by molar-refractivity contribution is -0.165. The number of hydrazine groups is 1. The van der Waals surface area contributed by atoms with Crippen molar-refractivity contribution in [3.8, 4) is 0 Å². The van der Waals surface area contributed by atoms with Crippen molar-refractivity contribution in [1.82, 2.24) is 10.4 Å². The molecule has 1 aliphatic heterocycles. The number of amides is 1. The van der Waals surface area contributed by atoms with Crippen LogP contribution in [0.2, 0.25) is 0 Å². The van der Waals surface area contributed by atoms with Crippen LogP contribution < -0.4 is 5.43 Å². The van der Waals surface area contributed by atoms with Crippen LogP contribution in [0.1, 0.15) is 6.92 Å². The van der Waals surface area contributed by atoms with E-state index in [1.807, 2.05) is 0 Å². The molecule has 0 spiro atoms. The molecular formula is C6H7F3N2O2. The highest BCUT2D eigenvalue weighted by atomic mass is 19.4. The fourth-order valence-corrected chi connectivity index (χ4v) is 0.986. The summed E-state index contributed by atoms with van der Waals surface area (Å²) < 4.78 is 36.1. The first-order valence-corrected chi connectivity index (χ1v) is 3.56. The Balaban J connectivity index is 2.84. The molecule has 0 bridgehead atoms. The van der Waals surface area contributed by atoms with Crippen molar-refractivity contribution in [1.29, 1.82) is 0 Å². The summed E-state index contributed by atoms with van der Waals surface area (Å²) in [6.45, 7) is 1.49. The summed E-state index contributed by atoms with van der Waals surface area (Å²) in [4.78, 5) is 21.6. The maximum absolute atomic E-state index is 12.0. The molecule has 74 valence electrons. The van der Waals surface area contributed by atoms with Crippen LogP contribution >= 0.6 is 0 Å². The van der Waals surface area contributed by atoms with Crippen molar-refractivity contribution in [2.45, 2.75) is 19.1 Å². The maximum Gasteiger partial charge on any atom is 0.413 e. The van der Waals surface area contributed by atoms with Crippen LogP contribution in [0.3, 0.4) is 0 Å². The second kappa shape index (κ2) is 2.99. The SMILES string of the molecule is CCN1NC(C(F)(F)F)C(=O)C1=O. The predicted molar refractivity (Wildman–Crippen MR) is 35.4 cm³/mol. The molecular weight excluding hydrogens is 189 g/mol. The third-order valence-electron chi connectivity index (χ3n) is 1.65. The maximum atomic E-state index is 12.0. The number of rotatable bonds is 1. The molecule has 0 aromatic heterocycles. The molecule has 1 heterocycles. The van der Waals surface area contributed by atoms with Gasteiger partial charge < -0.3 is 0 Å². The number of hydrogen-bond acceptors (Lipinski definition) is 3. The number of nitrogens with zero attached hydrogens (tertiary/aromatic N) is 1. The molecule has 13 heavy (non-hydrogen) atoms. The number of halogens is 3. The molecule has 1 saturated heterocycles. The summed E-state index contributed by atoms with van der Waals surface area (Å²) in [5, 5.41) is 0.653. The molecule has 1 unspecified atom stereocenters. The van der Waals surface area contributed by atoms with Gasteiger partial charge in [-0.05, 0) is 6.92 Å². The Morgan fingerprint density at radius 1 is 1.46 bits per heavy atom. The van der Waals surface area contributed by atoms with Gasteiger partial charge in [0.1, 0.15) is 0 Å². The number of likely N-dealkylation sites (N-methyl/N-ethyl adjacent to an activating group) is 1. The minimum absolute atomic E-state index is 0.0250. The third kappa shape index (κ3) is 1.64. The fraction of sp³-hybridized carbons (Fsp3) is 0.667. The molecule has 0 aromatic carbocycles. The van der Waals surface area contributed by atoms with E-state index in [-0.39, 0.29) is 6.54 Å². The molecule has 1 N–H and O–H groups in total. The van der Waals surface area contributed by atoms with Gasteiger partial charge in [-0.3, -0.25) is 14.6 Å². The fourth-order valence-electron chi connectivity index (χ4n) is 0.986. The van der Waals surface area contributed by atoms with Crippen LogP contribution in [0.15, 0.2) is 0 Å². The van der Waals surface area contributed by atoms with Gasteiger partial charge in [0.15, 0.2) is 6.04 Å². The van der Waals surface area contributed by atoms with Gasteiger partial charge in [0.05, 0.1) is 0 Å². The average Bonchev–Trinajstić information content (AvgIpc) is 2.28. The van der Waals surface area contributed by atoms with E-state index in [0.717, 1.165) is 0 Å². The van der Waals surface area contributed by atoms with Crippen LogP contribution in [-0.2, 0) is 9.59 Å². The van der Waals surface area contributed by atoms with Gasteiger partial charge in [-0.15, -0.1) is 0 Å². The largest absolute Gasteiger partial charge is 0.413 e. The highest BCUT2D eigenvalue weighted by Crippen LogP contribution is 2.24. The van der Waals surface area contributed by atoms with Crippen LogP contribution in [-0.4, -0.2) is 35.5 Å².